The van der Waals surface area contributed by atoms with Crippen LogP contribution in [0.1, 0.15) is 34.8 Å². The van der Waals surface area contributed by atoms with Crippen molar-refractivity contribution in [2.45, 2.75) is 19.6 Å². The van der Waals surface area contributed by atoms with Crippen LogP contribution in [-0.2, 0) is 55.7 Å². The van der Waals surface area contributed by atoms with Crippen LogP contribution in [0, 0.1) is 42.5 Å². The van der Waals surface area contributed by atoms with Crippen LogP contribution in [0.25, 0.3) is 36.5 Å². The Hall–Kier alpha value is 0.410. The van der Waals surface area contributed by atoms with E-state index in [1.165, 1.54) is 36.4 Å². The van der Waals surface area contributed by atoms with Gasteiger partial charge in [-0.05, 0) is 154 Å². The molecule has 1 N–H and O–H groups in total. The molecule has 0 fully saturated rings. The summed E-state index contributed by atoms with van der Waals surface area (Å²) in [5, 5.41) is 11.4. The van der Waals surface area contributed by atoms with Crippen LogP contribution in [0.15, 0.2) is 202 Å². The second-order valence-corrected chi connectivity index (χ2v) is 16.6. The third-order valence-electron chi connectivity index (χ3n) is 8.25. The first-order valence-corrected chi connectivity index (χ1v) is 23.0. The Morgan fingerprint density at radius 2 is 0.726 bits per heavy atom. The van der Waals surface area contributed by atoms with Gasteiger partial charge >= 0.3 is 118 Å². The maximum atomic E-state index is 11.8. The number of rotatable bonds is 15. The number of carbonyl (C=O) groups is 3. The van der Waals surface area contributed by atoms with Crippen molar-refractivity contribution in [2.75, 3.05) is 0 Å². The van der Waals surface area contributed by atoms with E-state index in [9.17, 15) is 28.4 Å². The number of thiol groups is 3. The molecule has 0 amide bonds. The van der Waals surface area contributed by atoms with E-state index in [1.807, 2.05) is 72.8 Å². The normalized spacial score (nSPS) is 10.4. The molecule has 0 aliphatic heterocycles. The summed E-state index contributed by atoms with van der Waals surface area (Å²) in [5.74, 6) is -0.322. The number of hydrogen-bond donors (Lipinski definition) is 3. The van der Waals surface area contributed by atoms with Gasteiger partial charge in [0.15, 0.2) is 17.3 Å². The van der Waals surface area contributed by atoms with Crippen molar-refractivity contribution in [1.29, 1.82) is 4.78 Å². The summed E-state index contributed by atoms with van der Waals surface area (Å²) in [6.07, 6.45) is 19.3. The molecule has 6 aromatic carbocycles. The number of allylic oxidation sites excluding steroid dienone is 6. The largest absolute Gasteiger partial charge is 1.00 e. The maximum Gasteiger partial charge on any atom is 1.00 e. The van der Waals surface area contributed by atoms with Crippen molar-refractivity contribution in [1.82, 2.24) is 0 Å². The predicted octanol–water partition coefficient (Wildman–Crippen LogP) is 0.635. The van der Waals surface area contributed by atoms with Gasteiger partial charge in [-0.2, -0.15) is 13.5 Å². The molecular formula is C51H43ArCl2NNa4O7S7. The molecule has 6 rings (SSSR count). The number of nitrogens with one attached hydrogen (secondary N) is 1. The number of halogens is 2. The van der Waals surface area contributed by atoms with Crippen molar-refractivity contribution in [3.05, 3.63) is 225 Å². The van der Waals surface area contributed by atoms with Gasteiger partial charge in [-0.25, -0.2) is 4.78 Å². The first-order valence-electron chi connectivity index (χ1n) is 19.1. The van der Waals surface area contributed by atoms with Gasteiger partial charge in [-0.1, -0.05) is 132 Å². The monoisotopic (exact) mass is 1210 g/mol. The molecule has 0 aliphatic rings. The van der Waals surface area contributed by atoms with Gasteiger partial charge in [0.2, 0.25) is 0 Å². The van der Waals surface area contributed by atoms with Gasteiger partial charge in [-0.15, -0.1) is 25.3 Å². The van der Waals surface area contributed by atoms with E-state index in [1.54, 1.807) is 109 Å². The Balaban J connectivity index is -0.000000220. The third kappa shape index (κ3) is 37.8. The van der Waals surface area contributed by atoms with Gasteiger partial charge in [0.25, 0.3) is 0 Å². The molecule has 8 nitrogen and oxygen atoms in total. The van der Waals surface area contributed by atoms with Gasteiger partial charge in [0.1, 0.15) is 0 Å². The summed E-state index contributed by atoms with van der Waals surface area (Å²) in [5.41, 5.74) is 5.36. The summed E-state index contributed by atoms with van der Waals surface area (Å²) in [7, 11) is 0. The average Bonchev–Trinajstić information content (AvgIpc) is 3.33. The zero-order valence-electron chi connectivity index (χ0n) is 40.8. The maximum absolute atomic E-state index is 11.8. The standard InChI is InChI=1S/C17H12Cl2O.C17H14O5S2.C17H14OS2.Ar.HNS.4Na.2H2S.H/c18-15-7-1-13(2-8-15)5-11-17(20)12-6-14-3-9-16(19)10-4-14;18-15(7-1-13-3-9-16(10-4-13)23-22-19)8-2-14-5-11-17(12-6-14)24(20)21;18-15(7-1-13-3-9-16(19)10-4-13)8-2-14-5-11-17(20)12-6-14;;1-2;;;;;;;/h1-12H;1-12,19H,(H,20,21);1-12,19-20H;;1H;;;;;2*1H2;/q;;;;;4*+1;;;-1/p-3/b11-5+,12-6+;2*7-1+,8-2+;;;;;;;;;. The quantitative estimate of drug-likeness (QED) is 0.0196. The third-order valence-corrected chi connectivity index (χ3v) is 10.5. The van der Waals surface area contributed by atoms with Crippen LogP contribution in [0.2, 0.25) is 10.0 Å². The zero-order chi connectivity index (χ0) is 48.1. The van der Waals surface area contributed by atoms with E-state index in [2.05, 4.69) is 42.0 Å². The fourth-order valence-corrected chi connectivity index (χ4v) is 6.15. The van der Waals surface area contributed by atoms with E-state index in [0.29, 0.717) is 14.9 Å². The van der Waals surface area contributed by atoms with Crippen LogP contribution in [-0.4, -0.2) is 26.1 Å². The molecular weight excluding hydrogens is 1170 g/mol. The second kappa shape index (κ2) is 49.5. The van der Waals surface area contributed by atoms with Crippen molar-refractivity contribution in [2.24, 2.45) is 0 Å². The van der Waals surface area contributed by atoms with Crippen molar-refractivity contribution >= 4 is 165 Å². The molecule has 0 aromatic heterocycles. The minimum atomic E-state index is -2.26. The molecule has 6 aromatic rings. The van der Waals surface area contributed by atoms with Gasteiger partial charge in [-0.3, -0.25) is 18.6 Å². The molecule has 0 saturated carbocycles. The fraction of sp³-hybridized carbons (Fsp3) is 0. The molecule has 1 unspecified atom stereocenters. The topological polar surface area (TPSA) is 147 Å². The molecule has 0 heterocycles. The molecule has 0 radical (unpaired) electrons. The minimum Gasteiger partial charge on any atom is -1.00 e. The number of ketones is 3. The molecule has 0 bridgehead atoms. The molecule has 22 heteroatoms. The Kier molecular flexibility index (Phi) is 55.7. The van der Waals surface area contributed by atoms with Crippen LogP contribution >= 0.6 is 74.0 Å². The second-order valence-electron chi connectivity index (χ2n) is 13.0. The average molecular weight is 1210 g/mol. The Morgan fingerprint density at radius 3 is 0.959 bits per heavy atom. The SMILES string of the molecule is N=S.O=C(/C=C/c1ccc(Cl)cc1)/C=C/c1ccc(Cl)cc1.O=C(/C=C/c1ccc(S)cc1)/C=C/c1ccc(S)cc1.O=C(/C=C/c1ccc(SO[O-])cc1)/C=C/c1ccc(S(=O)[O-])cc1.S.[Ar].[H-].[Na+].[Na+].[Na+].[Na+].[SH-]. The van der Waals surface area contributed by atoms with Crippen LogP contribution in [0.3, 0.4) is 0 Å². The summed E-state index contributed by atoms with van der Waals surface area (Å²) in [6.45, 7) is 0. The van der Waals surface area contributed by atoms with E-state index in [4.69, 9.17) is 28.0 Å². The Labute approximate surface area is 595 Å². The van der Waals surface area contributed by atoms with E-state index >= 15 is 0 Å². The van der Waals surface area contributed by atoms with Crippen LogP contribution in [0.5, 0.6) is 0 Å². The summed E-state index contributed by atoms with van der Waals surface area (Å²) in [4.78, 5) is 37.9. The first kappa shape index (κ1) is 82.2. The molecule has 362 valence electrons. The van der Waals surface area contributed by atoms with Crippen molar-refractivity contribution < 1.29 is 190 Å². The van der Waals surface area contributed by atoms with E-state index < -0.39 is 11.1 Å². The number of hydrogen-bond acceptors (Lipinski definition) is 13. The van der Waals surface area contributed by atoms with Crippen molar-refractivity contribution in [3.8, 4) is 0 Å². The molecule has 0 saturated heterocycles. The number of carbonyl (C=O) groups excluding carboxylic acids is 3. The fourth-order valence-electron chi connectivity index (χ4n) is 4.92. The zero-order valence-corrected chi connectivity index (χ0v) is 56.2. The Bertz CT molecular complexity index is 2480. The van der Waals surface area contributed by atoms with Crippen molar-refractivity contribution in [3.63, 3.8) is 0 Å². The predicted molar refractivity (Wildman–Crippen MR) is 297 cm³/mol. The molecule has 0 spiro atoms. The molecule has 0 aliphatic carbocycles. The summed E-state index contributed by atoms with van der Waals surface area (Å²) < 4.78 is 30.5. The van der Waals surface area contributed by atoms with Gasteiger partial charge < -0.3 is 29.1 Å². The van der Waals surface area contributed by atoms with Gasteiger partial charge in [0.05, 0.1) is 0 Å². The summed E-state index contributed by atoms with van der Waals surface area (Å²) in [6, 6.07) is 42.9. The molecule has 1 atom stereocenters. The Morgan fingerprint density at radius 1 is 0.507 bits per heavy atom. The van der Waals surface area contributed by atoms with E-state index in [0.717, 1.165) is 55.2 Å². The first-order chi connectivity index (χ1) is 31.8. The smallest absolute Gasteiger partial charge is 1.00 e. The summed E-state index contributed by atoms with van der Waals surface area (Å²) >= 11 is 21.8. The van der Waals surface area contributed by atoms with Crippen LogP contribution < -0.4 is 123 Å². The molecule has 73 heavy (non-hydrogen) atoms. The van der Waals surface area contributed by atoms with Crippen LogP contribution in [0.4, 0.5) is 0 Å². The van der Waals surface area contributed by atoms with Gasteiger partial charge in [0, 0.05) is 91.8 Å². The number of benzene rings is 6. The van der Waals surface area contributed by atoms with E-state index in [-0.39, 0.29) is 207 Å². The minimum absolute atomic E-state index is 0.